The molecule has 1 aliphatic rings. The number of methoxy groups -OCH3 is 1. The van der Waals surface area contributed by atoms with Crippen LogP contribution in [0.5, 0.6) is 23.0 Å². The minimum Gasteiger partial charge on any atom is -0.493 e. The first-order valence-corrected chi connectivity index (χ1v) is 13.8. The van der Waals surface area contributed by atoms with E-state index in [1.807, 2.05) is 0 Å². The second-order valence-corrected chi connectivity index (χ2v) is 9.62. The van der Waals surface area contributed by atoms with Gasteiger partial charge < -0.3 is 29.6 Å². The molecular formula is C30H28N6O11. The number of benzene rings is 3. The lowest BCUT2D eigenvalue weighted by molar-refractivity contribution is -0.394. The smallest absolute Gasteiger partial charge is 0.338 e. The Morgan fingerprint density at radius 1 is 1.00 bits per heavy atom. The van der Waals surface area contributed by atoms with Gasteiger partial charge >= 0.3 is 17.7 Å². The van der Waals surface area contributed by atoms with Gasteiger partial charge in [0.15, 0.2) is 18.1 Å². The fraction of sp³-hybridized carbons (Fsp3) is 0.200. The number of hydrogen-bond acceptors (Lipinski definition) is 12. The number of nitro groups is 2. The van der Waals surface area contributed by atoms with Crippen molar-refractivity contribution in [3.05, 3.63) is 103 Å². The van der Waals surface area contributed by atoms with Gasteiger partial charge in [0.1, 0.15) is 5.75 Å². The summed E-state index contributed by atoms with van der Waals surface area (Å²) in [6.45, 7) is 3.00. The van der Waals surface area contributed by atoms with E-state index in [-0.39, 0.29) is 35.2 Å². The fourth-order valence-electron chi connectivity index (χ4n) is 4.36. The molecule has 47 heavy (non-hydrogen) atoms. The van der Waals surface area contributed by atoms with E-state index in [0.29, 0.717) is 16.8 Å². The number of urea groups is 1. The van der Waals surface area contributed by atoms with Gasteiger partial charge in [0.05, 0.1) is 47.5 Å². The molecule has 0 radical (unpaired) electrons. The molecule has 244 valence electrons. The van der Waals surface area contributed by atoms with E-state index in [1.54, 1.807) is 38.1 Å². The molecule has 0 saturated carbocycles. The van der Waals surface area contributed by atoms with Crippen LogP contribution in [0.3, 0.4) is 0 Å². The molecule has 0 bridgehead atoms. The van der Waals surface area contributed by atoms with Crippen LogP contribution in [0.2, 0.25) is 0 Å². The van der Waals surface area contributed by atoms with Gasteiger partial charge in [0.25, 0.3) is 11.6 Å². The number of rotatable bonds is 13. The first-order valence-electron chi connectivity index (χ1n) is 13.8. The van der Waals surface area contributed by atoms with Crippen molar-refractivity contribution in [3.63, 3.8) is 0 Å². The molecule has 1 atom stereocenters. The molecule has 3 N–H and O–H groups in total. The van der Waals surface area contributed by atoms with Gasteiger partial charge in [-0.2, -0.15) is 5.10 Å². The summed E-state index contributed by atoms with van der Waals surface area (Å²) < 4.78 is 21.7. The maximum absolute atomic E-state index is 12.6. The van der Waals surface area contributed by atoms with Crippen molar-refractivity contribution in [1.82, 2.24) is 16.1 Å². The number of non-ortho nitro benzene ring substituents is 1. The molecule has 3 aromatic rings. The molecule has 3 amide bonds. The molecule has 0 aliphatic carbocycles. The number of carbonyl (C=O) groups excluding carboxylic acids is 3. The molecule has 4 rings (SSSR count). The summed E-state index contributed by atoms with van der Waals surface area (Å²) in [6.07, 6.45) is 1.34. The number of nitro benzene ring substituents is 2. The fourth-order valence-corrected chi connectivity index (χ4v) is 4.36. The molecular weight excluding hydrogens is 620 g/mol. The molecule has 1 heterocycles. The molecule has 0 saturated heterocycles. The Morgan fingerprint density at radius 2 is 1.72 bits per heavy atom. The number of hydrogen-bond donors (Lipinski definition) is 3. The predicted molar refractivity (Wildman–Crippen MR) is 164 cm³/mol. The van der Waals surface area contributed by atoms with E-state index in [2.05, 4.69) is 21.2 Å². The third-order valence-electron chi connectivity index (χ3n) is 6.51. The van der Waals surface area contributed by atoms with Crippen LogP contribution in [0, 0.1) is 20.2 Å². The van der Waals surface area contributed by atoms with Crippen LogP contribution in [0.25, 0.3) is 0 Å². The number of ether oxygens (including phenoxy) is 4. The Kier molecular flexibility index (Phi) is 10.6. The number of esters is 1. The van der Waals surface area contributed by atoms with E-state index in [0.717, 1.165) is 18.2 Å². The van der Waals surface area contributed by atoms with E-state index in [4.69, 9.17) is 18.9 Å². The zero-order valence-corrected chi connectivity index (χ0v) is 25.2. The number of nitrogens with one attached hydrogen (secondary N) is 3. The third kappa shape index (κ3) is 8.35. The van der Waals surface area contributed by atoms with Crippen molar-refractivity contribution < 1.29 is 43.2 Å². The Balaban J connectivity index is 1.35. The summed E-state index contributed by atoms with van der Waals surface area (Å²) in [5.74, 6) is -0.663. The Bertz CT molecular complexity index is 1770. The minimum atomic E-state index is -0.815. The molecule has 0 unspecified atom stereocenters. The lowest BCUT2D eigenvalue weighted by atomic mass is 9.95. The molecule has 3 aromatic carbocycles. The van der Waals surface area contributed by atoms with E-state index >= 15 is 0 Å². The van der Waals surface area contributed by atoms with Gasteiger partial charge in [-0.25, -0.2) is 15.0 Å². The number of allylic oxidation sites excluding steroid dienone is 1. The van der Waals surface area contributed by atoms with Crippen LogP contribution >= 0.6 is 0 Å². The van der Waals surface area contributed by atoms with Crippen LogP contribution in [0.1, 0.15) is 31.0 Å². The molecule has 17 heteroatoms. The van der Waals surface area contributed by atoms with Gasteiger partial charge in [-0.3, -0.25) is 25.0 Å². The standard InChI is InChI=1S/C30H28N6O11/c1-4-45-29(38)27-17(2)32-30(39)33-28(27)19-7-11-24(25(13-19)44-3)46-16-26(37)34-31-15-18-5-9-21(10-6-18)47-23-12-8-20(35(40)41)14-22(23)36(42)43/h5-15,28H,4,16H2,1-3H3,(H,34,37)(H2,32,33,39)/b31-15-/t28-/m1/s1. The van der Waals surface area contributed by atoms with Crippen molar-refractivity contribution in [3.8, 4) is 23.0 Å². The summed E-state index contributed by atoms with van der Waals surface area (Å²) in [4.78, 5) is 57.8. The average molecular weight is 649 g/mol. The van der Waals surface area contributed by atoms with Crippen molar-refractivity contribution in [2.45, 2.75) is 19.9 Å². The van der Waals surface area contributed by atoms with Gasteiger partial charge in [0, 0.05) is 11.8 Å². The normalized spacial score (nSPS) is 14.1. The number of carbonyl (C=O) groups is 3. The molecule has 0 aromatic heterocycles. The van der Waals surface area contributed by atoms with Gasteiger partial charge in [-0.15, -0.1) is 0 Å². The second-order valence-electron chi connectivity index (χ2n) is 9.62. The highest BCUT2D eigenvalue weighted by molar-refractivity contribution is 5.95. The highest BCUT2D eigenvalue weighted by Gasteiger charge is 2.32. The highest BCUT2D eigenvalue weighted by Crippen LogP contribution is 2.36. The monoisotopic (exact) mass is 648 g/mol. The van der Waals surface area contributed by atoms with Crippen LogP contribution < -0.4 is 30.3 Å². The third-order valence-corrected chi connectivity index (χ3v) is 6.51. The number of nitrogens with zero attached hydrogens (tertiary/aromatic N) is 3. The number of hydrazone groups is 1. The van der Waals surface area contributed by atoms with Gasteiger partial charge in [0.2, 0.25) is 5.75 Å². The predicted octanol–water partition coefficient (Wildman–Crippen LogP) is 4.02. The lowest BCUT2D eigenvalue weighted by Crippen LogP contribution is -2.45. The van der Waals surface area contributed by atoms with Gasteiger partial charge in [-0.05, 0) is 67.4 Å². The zero-order chi connectivity index (χ0) is 34.1. The average Bonchev–Trinajstić information content (AvgIpc) is 3.04. The summed E-state index contributed by atoms with van der Waals surface area (Å²) in [5.41, 5.74) is 2.97. The second kappa shape index (κ2) is 15.0. The van der Waals surface area contributed by atoms with Crippen molar-refractivity contribution in [2.24, 2.45) is 5.10 Å². The van der Waals surface area contributed by atoms with Crippen LogP contribution in [0.15, 0.2) is 77.0 Å². The van der Waals surface area contributed by atoms with E-state index in [1.165, 1.54) is 31.5 Å². The lowest BCUT2D eigenvalue weighted by Gasteiger charge is -2.28. The molecule has 17 nitrogen and oxygen atoms in total. The SMILES string of the molecule is CCOC(=O)C1=C(C)NC(=O)N[C@@H]1c1ccc(OCC(=O)N/N=C\c2ccc(Oc3ccc([N+](=O)[O-])cc3[N+](=O)[O-])cc2)c(OC)c1. The summed E-state index contributed by atoms with van der Waals surface area (Å²) in [5, 5.41) is 31.4. The van der Waals surface area contributed by atoms with Crippen molar-refractivity contribution in [1.29, 1.82) is 0 Å². The molecule has 0 spiro atoms. The molecule has 0 fully saturated rings. The Hall–Kier alpha value is -6.52. The summed E-state index contributed by atoms with van der Waals surface area (Å²) in [7, 11) is 1.40. The first-order chi connectivity index (χ1) is 22.5. The van der Waals surface area contributed by atoms with Crippen LogP contribution in [-0.4, -0.2) is 54.3 Å². The summed E-state index contributed by atoms with van der Waals surface area (Å²) in [6, 6.07) is 12.6. The molecule has 1 aliphatic heterocycles. The minimum absolute atomic E-state index is 0.153. The van der Waals surface area contributed by atoms with Crippen LogP contribution in [0.4, 0.5) is 16.2 Å². The zero-order valence-electron chi connectivity index (χ0n) is 25.2. The summed E-state index contributed by atoms with van der Waals surface area (Å²) >= 11 is 0. The highest BCUT2D eigenvalue weighted by atomic mass is 16.6. The number of amides is 3. The first kappa shape index (κ1) is 33.4. The van der Waals surface area contributed by atoms with Crippen molar-refractivity contribution in [2.75, 3.05) is 20.3 Å². The van der Waals surface area contributed by atoms with Crippen LogP contribution in [-0.2, 0) is 14.3 Å². The Labute approximate surface area is 266 Å². The van der Waals surface area contributed by atoms with Crippen molar-refractivity contribution >= 4 is 35.5 Å². The van der Waals surface area contributed by atoms with Gasteiger partial charge in [-0.1, -0.05) is 6.07 Å². The quantitative estimate of drug-likeness (QED) is 0.104. The topological polar surface area (TPSA) is 223 Å². The maximum atomic E-state index is 12.6. The van der Waals surface area contributed by atoms with E-state index in [9.17, 15) is 34.6 Å². The maximum Gasteiger partial charge on any atom is 0.338 e. The largest absolute Gasteiger partial charge is 0.493 e. The van der Waals surface area contributed by atoms with E-state index < -0.39 is 51.8 Å². The Morgan fingerprint density at radius 3 is 2.38 bits per heavy atom.